The number of hydrogen-bond donors (Lipinski definition) is 2. The number of anilines is 1. The van der Waals surface area contributed by atoms with Crippen molar-refractivity contribution in [2.24, 2.45) is 0 Å². The van der Waals surface area contributed by atoms with Crippen LogP contribution in [0.4, 0.5) is 10.2 Å². The quantitative estimate of drug-likeness (QED) is 0.695. The molecule has 134 valence electrons. The van der Waals surface area contributed by atoms with Crippen LogP contribution in [-0.4, -0.2) is 25.4 Å². The van der Waals surface area contributed by atoms with Crippen molar-refractivity contribution in [1.29, 1.82) is 0 Å². The minimum atomic E-state index is -3.82. The molecule has 0 amide bonds. The van der Waals surface area contributed by atoms with Crippen LogP contribution in [0.1, 0.15) is 5.56 Å². The van der Waals surface area contributed by atoms with Crippen molar-refractivity contribution in [2.75, 3.05) is 11.8 Å². The van der Waals surface area contributed by atoms with Gasteiger partial charge in [0, 0.05) is 41.8 Å². The summed E-state index contributed by atoms with van der Waals surface area (Å²) in [6.45, 7) is 0.361. The van der Waals surface area contributed by atoms with Crippen molar-refractivity contribution in [3.63, 3.8) is 0 Å². The number of aromatic nitrogens is 2. The van der Waals surface area contributed by atoms with Gasteiger partial charge in [0.25, 0.3) is 10.0 Å². The number of rotatable bonds is 6. The zero-order valence-electron chi connectivity index (χ0n) is 14.0. The Morgan fingerprint density at radius 1 is 1.12 bits per heavy atom. The number of benzene rings is 1. The highest BCUT2D eigenvalue weighted by molar-refractivity contribution is 7.92. The second-order valence-corrected chi connectivity index (χ2v) is 7.22. The van der Waals surface area contributed by atoms with Crippen LogP contribution >= 0.6 is 0 Å². The molecule has 0 bridgehead atoms. The summed E-state index contributed by atoms with van der Waals surface area (Å²) in [7, 11) is -2.09. The van der Waals surface area contributed by atoms with Gasteiger partial charge < -0.3 is 5.32 Å². The Morgan fingerprint density at radius 2 is 1.92 bits per heavy atom. The van der Waals surface area contributed by atoms with E-state index in [9.17, 15) is 12.8 Å². The van der Waals surface area contributed by atoms with E-state index in [4.69, 9.17) is 0 Å². The van der Waals surface area contributed by atoms with E-state index in [0.29, 0.717) is 23.2 Å². The van der Waals surface area contributed by atoms with E-state index in [1.807, 2.05) is 0 Å². The molecule has 0 saturated carbocycles. The smallest absolute Gasteiger partial charge is 0.264 e. The Bertz CT molecular complexity index is 1010. The number of nitrogens with zero attached hydrogens (tertiary/aromatic N) is 2. The molecule has 0 aliphatic carbocycles. The molecule has 8 heteroatoms. The lowest BCUT2D eigenvalue weighted by molar-refractivity contribution is 0.600. The van der Waals surface area contributed by atoms with Gasteiger partial charge in [-0.1, -0.05) is 18.2 Å². The Kier molecular flexibility index (Phi) is 5.24. The number of nitrogens with one attached hydrogen (secondary N) is 2. The molecular weight excluding hydrogens is 355 g/mol. The fourth-order valence-corrected chi connectivity index (χ4v) is 3.48. The van der Waals surface area contributed by atoms with Crippen LogP contribution in [0, 0.1) is 5.82 Å². The first-order valence-corrected chi connectivity index (χ1v) is 9.31. The maximum Gasteiger partial charge on any atom is 0.264 e. The highest BCUT2D eigenvalue weighted by Crippen LogP contribution is 2.26. The highest BCUT2D eigenvalue weighted by atomic mass is 32.2. The van der Waals surface area contributed by atoms with E-state index in [1.165, 1.54) is 36.8 Å². The Hall–Kier alpha value is -2.84. The summed E-state index contributed by atoms with van der Waals surface area (Å²) in [5.74, 6) is -0.184. The van der Waals surface area contributed by atoms with Crippen LogP contribution in [0.25, 0.3) is 11.1 Å². The zero-order valence-corrected chi connectivity index (χ0v) is 14.8. The highest BCUT2D eigenvalue weighted by Gasteiger charge is 2.18. The molecule has 2 heterocycles. The van der Waals surface area contributed by atoms with Gasteiger partial charge in [-0.25, -0.2) is 17.8 Å². The number of hydrogen-bond acceptors (Lipinski definition) is 5. The lowest BCUT2D eigenvalue weighted by atomic mass is 10.0. The minimum absolute atomic E-state index is 0.0374. The first-order chi connectivity index (χ1) is 12.5. The molecule has 1 aromatic carbocycles. The predicted octanol–water partition coefficient (Wildman–Crippen LogP) is 2.80. The van der Waals surface area contributed by atoms with E-state index in [1.54, 1.807) is 31.3 Å². The summed E-state index contributed by atoms with van der Waals surface area (Å²) in [6, 6.07) is 11.1. The molecule has 0 aliphatic heterocycles. The molecule has 0 saturated heterocycles. The van der Waals surface area contributed by atoms with E-state index in [-0.39, 0.29) is 16.5 Å². The van der Waals surface area contributed by atoms with Gasteiger partial charge in [0.15, 0.2) is 0 Å². The average molecular weight is 372 g/mol. The fraction of sp³-hybridized carbons (Fsp3) is 0.111. The van der Waals surface area contributed by atoms with Crippen molar-refractivity contribution in [3.05, 3.63) is 72.4 Å². The van der Waals surface area contributed by atoms with Crippen molar-refractivity contribution < 1.29 is 12.8 Å². The van der Waals surface area contributed by atoms with Gasteiger partial charge in [0.05, 0.1) is 0 Å². The van der Waals surface area contributed by atoms with Crippen molar-refractivity contribution >= 4 is 15.8 Å². The number of halogens is 1. The minimum Gasteiger partial charge on any atom is -0.316 e. The normalized spacial score (nSPS) is 11.3. The molecule has 2 N–H and O–H groups in total. The number of pyridine rings is 2. The van der Waals surface area contributed by atoms with Gasteiger partial charge in [-0.05, 0) is 31.3 Å². The van der Waals surface area contributed by atoms with Gasteiger partial charge in [0.1, 0.15) is 16.5 Å². The summed E-state index contributed by atoms with van der Waals surface area (Å²) < 4.78 is 41.5. The third kappa shape index (κ3) is 3.87. The summed E-state index contributed by atoms with van der Waals surface area (Å²) in [5, 5.41) is 2.96. The molecule has 26 heavy (non-hydrogen) atoms. The largest absolute Gasteiger partial charge is 0.316 e. The molecule has 0 unspecified atom stereocenters. The molecule has 0 radical (unpaired) electrons. The fourth-order valence-electron chi connectivity index (χ4n) is 2.46. The van der Waals surface area contributed by atoms with Crippen molar-refractivity contribution in [1.82, 2.24) is 15.3 Å². The standard InChI is InChI=1S/C18H17FN4O2S/c1-20-10-14-9-13(16-6-2-3-7-17(16)19)11-22-18(14)23-26(24,25)15-5-4-8-21-12-15/h2-9,11-12,20H,10H2,1H3,(H,22,23). The molecule has 6 nitrogen and oxygen atoms in total. The Balaban J connectivity index is 1.99. The van der Waals surface area contributed by atoms with E-state index in [2.05, 4.69) is 20.0 Å². The van der Waals surface area contributed by atoms with Crippen LogP contribution in [-0.2, 0) is 16.6 Å². The molecule has 0 spiro atoms. The molecular formula is C18H17FN4O2S. The van der Waals surface area contributed by atoms with Crippen LogP contribution in [0.15, 0.2) is 66.0 Å². The summed E-state index contributed by atoms with van der Waals surface area (Å²) in [4.78, 5) is 8.07. The summed E-state index contributed by atoms with van der Waals surface area (Å²) >= 11 is 0. The van der Waals surface area contributed by atoms with Crippen molar-refractivity contribution in [2.45, 2.75) is 11.4 Å². The SMILES string of the molecule is CNCc1cc(-c2ccccc2F)cnc1NS(=O)(=O)c1cccnc1. The van der Waals surface area contributed by atoms with Crippen molar-refractivity contribution in [3.8, 4) is 11.1 Å². The monoisotopic (exact) mass is 372 g/mol. The second kappa shape index (κ2) is 7.59. The average Bonchev–Trinajstić information content (AvgIpc) is 2.64. The molecule has 0 aliphatic rings. The van der Waals surface area contributed by atoms with Gasteiger partial charge in [-0.2, -0.15) is 0 Å². The van der Waals surface area contributed by atoms with Gasteiger partial charge in [0.2, 0.25) is 0 Å². The van der Waals surface area contributed by atoms with E-state index < -0.39 is 10.0 Å². The molecule has 0 atom stereocenters. The van der Waals surface area contributed by atoms with E-state index >= 15 is 0 Å². The first-order valence-electron chi connectivity index (χ1n) is 7.82. The topological polar surface area (TPSA) is 84.0 Å². The zero-order chi connectivity index (χ0) is 18.6. The molecule has 2 aromatic heterocycles. The van der Waals surface area contributed by atoms with Gasteiger partial charge in [-0.15, -0.1) is 0 Å². The van der Waals surface area contributed by atoms with E-state index in [0.717, 1.165) is 0 Å². The molecule has 3 aromatic rings. The first kappa shape index (κ1) is 18.0. The summed E-state index contributed by atoms with van der Waals surface area (Å²) in [6.07, 6.45) is 4.19. The third-order valence-electron chi connectivity index (χ3n) is 3.69. The van der Waals surface area contributed by atoms with Crippen LogP contribution in [0.3, 0.4) is 0 Å². The number of sulfonamides is 1. The third-order valence-corrected chi connectivity index (χ3v) is 5.02. The van der Waals surface area contributed by atoms with Crippen LogP contribution < -0.4 is 10.0 Å². The molecule has 0 fully saturated rings. The lowest BCUT2D eigenvalue weighted by Crippen LogP contribution is -2.17. The second-order valence-electron chi connectivity index (χ2n) is 5.54. The molecule has 3 rings (SSSR count). The van der Waals surface area contributed by atoms with Gasteiger partial charge >= 0.3 is 0 Å². The Labute approximate surface area is 151 Å². The maximum atomic E-state index is 14.0. The van der Waals surface area contributed by atoms with Crippen LogP contribution in [0.5, 0.6) is 0 Å². The predicted molar refractivity (Wildman–Crippen MR) is 97.4 cm³/mol. The lowest BCUT2D eigenvalue weighted by Gasteiger charge is -2.13. The maximum absolute atomic E-state index is 14.0. The van der Waals surface area contributed by atoms with Crippen LogP contribution in [0.2, 0.25) is 0 Å². The summed E-state index contributed by atoms with van der Waals surface area (Å²) in [5.41, 5.74) is 1.57. The Morgan fingerprint density at radius 3 is 2.62 bits per heavy atom. The van der Waals surface area contributed by atoms with Gasteiger partial charge in [-0.3, -0.25) is 9.71 Å².